The second kappa shape index (κ2) is 4.86. The molecule has 0 spiro atoms. The van der Waals surface area contributed by atoms with E-state index in [0.29, 0.717) is 0 Å². The van der Waals surface area contributed by atoms with Gasteiger partial charge in [0.25, 0.3) is 0 Å². The summed E-state index contributed by atoms with van der Waals surface area (Å²) in [7, 11) is 0. The normalized spacial score (nSPS) is 18.7. The van der Waals surface area contributed by atoms with E-state index in [2.05, 4.69) is 55.9 Å². The van der Waals surface area contributed by atoms with Crippen molar-refractivity contribution in [1.29, 1.82) is 0 Å². The number of halogens is 1. The van der Waals surface area contributed by atoms with Crippen LogP contribution < -0.4 is 5.73 Å². The predicted molar refractivity (Wildman–Crippen MR) is 75.3 cm³/mol. The van der Waals surface area contributed by atoms with Crippen LogP contribution in [0.4, 0.5) is 0 Å². The van der Waals surface area contributed by atoms with Crippen molar-refractivity contribution in [2.75, 3.05) is 0 Å². The number of aromatic nitrogens is 2. The van der Waals surface area contributed by atoms with Gasteiger partial charge in [-0.15, -0.1) is 0 Å². The maximum atomic E-state index is 6.08. The molecule has 1 aromatic heterocycles. The number of hydrogen-bond acceptors (Lipinski definition) is 2. The zero-order valence-corrected chi connectivity index (χ0v) is 11.7. The molecule has 0 aliphatic carbocycles. The van der Waals surface area contributed by atoms with Crippen LogP contribution in [0.3, 0.4) is 0 Å². The van der Waals surface area contributed by atoms with E-state index in [4.69, 9.17) is 5.73 Å². The van der Waals surface area contributed by atoms with E-state index in [-0.39, 0.29) is 6.04 Å². The first kappa shape index (κ1) is 11.9. The molecule has 1 aliphatic heterocycles. The molecule has 1 unspecified atom stereocenters. The summed E-state index contributed by atoms with van der Waals surface area (Å²) in [6, 6.07) is 8.50. The molecule has 2 heterocycles. The fourth-order valence-electron chi connectivity index (χ4n) is 2.47. The minimum Gasteiger partial charge on any atom is -0.333 e. The predicted octanol–water partition coefficient (Wildman–Crippen LogP) is 3.03. The first-order valence-corrected chi connectivity index (χ1v) is 7.07. The third kappa shape index (κ3) is 2.35. The van der Waals surface area contributed by atoms with Gasteiger partial charge in [0.05, 0.1) is 11.7 Å². The Bertz CT molecular complexity index is 545. The van der Waals surface area contributed by atoms with E-state index in [1.54, 1.807) is 0 Å². The van der Waals surface area contributed by atoms with Gasteiger partial charge in [-0.1, -0.05) is 28.1 Å². The summed E-state index contributed by atoms with van der Waals surface area (Å²) in [6.07, 6.45) is 5.23. The van der Waals surface area contributed by atoms with Crippen molar-refractivity contribution in [1.82, 2.24) is 9.55 Å². The molecule has 3 nitrogen and oxygen atoms in total. The minimum atomic E-state index is 0.109. The number of hydrogen-bond donors (Lipinski definition) is 1. The third-order valence-corrected chi connectivity index (χ3v) is 3.93. The summed E-state index contributed by atoms with van der Waals surface area (Å²) < 4.78 is 3.32. The van der Waals surface area contributed by atoms with Gasteiger partial charge < -0.3 is 10.3 Å². The summed E-state index contributed by atoms with van der Waals surface area (Å²) in [4.78, 5) is 4.68. The molecule has 18 heavy (non-hydrogen) atoms. The number of nitrogens with zero attached hydrogens (tertiary/aromatic N) is 2. The Balaban J connectivity index is 1.83. The highest BCUT2D eigenvalue weighted by Crippen LogP contribution is 2.23. The Morgan fingerprint density at radius 2 is 2.11 bits per heavy atom. The molecular formula is C14H16BrN3. The van der Waals surface area contributed by atoms with Crippen LogP contribution in [0.5, 0.6) is 0 Å². The zero-order chi connectivity index (χ0) is 12.5. The highest BCUT2D eigenvalue weighted by molar-refractivity contribution is 9.10. The lowest BCUT2D eigenvalue weighted by atomic mass is 10.1. The van der Waals surface area contributed by atoms with E-state index < -0.39 is 0 Å². The van der Waals surface area contributed by atoms with Gasteiger partial charge in [-0.25, -0.2) is 4.98 Å². The van der Waals surface area contributed by atoms with Crippen molar-refractivity contribution in [3.63, 3.8) is 0 Å². The summed E-state index contributed by atoms with van der Waals surface area (Å²) in [5.74, 6) is 1.05. The smallest absolute Gasteiger partial charge is 0.125 e. The van der Waals surface area contributed by atoms with Gasteiger partial charge in [0, 0.05) is 23.6 Å². The molecule has 0 radical (unpaired) electrons. The zero-order valence-electron chi connectivity index (χ0n) is 10.1. The van der Waals surface area contributed by atoms with E-state index in [1.165, 1.54) is 5.56 Å². The van der Waals surface area contributed by atoms with Crippen molar-refractivity contribution in [2.45, 2.75) is 31.8 Å². The highest BCUT2D eigenvalue weighted by atomic mass is 79.9. The quantitative estimate of drug-likeness (QED) is 0.927. The Hall–Kier alpha value is -1.13. The summed E-state index contributed by atoms with van der Waals surface area (Å²) in [5, 5.41) is 0. The fourth-order valence-corrected chi connectivity index (χ4v) is 2.73. The highest BCUT2D eigenvalue weighted by Gasteiger charge is 2.19. The summed E-state index contributed by atoms with van der Waals surface area (Å²) >= 11 is 3.45. The Kier molecular flexibility index (Phi) is 3.22. The molecule has 0 saturated heterocycles. The van der Waals surface area contributed by atoms with Crippen LogP contribution in [0.2, 0.25) is 0 Å². The molecule has 1 atom stereocenters. The van der Waals surface area contributed by atoms with Gasteiger partial charge in [-0.05, 0) is 30.5 Å². The van der Waals surface area contributed by atoms with Gasteiger partial charge in [0.15, 0.2) is 0 Å². The van der Waals surface area contributed by atoms with Crippen LogP contribution in [0.1, 0.15) is 36.0 Å². The van der Waals surface area contributed by atoms with Crippen molar-refractivity contribution in [3.05, 3.63) is 52.0 Å². The topological polar surface area (TPSA) is 43.8 Å². The standard InChI is InChI=1S/C14H16BrN3/c15-11-5-3-10(4-6-11)8-12-9-18-7-1-2-13(16)14(18)17-12/h3-6,9,13H,1-2,7-8,16H2. The maximum Gasteiger partial charge on any atom is 0.125 e. The minimum absolute atomic E-state index is 0.109. The monoisotopic (exact) mass is 305 g/mol. The van der Waals surface area contributed by atoms with Gasteiger partial charge in [0.2, 0.25) is 0 Å². The second-order valence-electron chi connectivity index (χ2n) is 4.84. The molecule has 4 heteroatoms. The molecule has 0 bridgehead atoms. The first-order chi connectivity index (χ1) is 8.72. The van der Waals surface area contributed by atoms with Crippen LogP contribution in [-0.2, 0) is 13.0 Å². The molecular weight excluding hydrogens is 290 g/mol. The molecule has 2 N–H and O–H groups in total. The Morgan fingerprint density at radius 3 is 2.83 bits per heavy atom. The first-order valence-electron chi connectivity index (χ1n) is 6.28. The number of aryl methyl sites for hydroxylation is 1. The van der Waals surface area contributed by atoms with Crippen molar-refractivity contribution >= 4 is 15.9 Å². The largest absolute Gasteiger partial charge is 0.333 e. The molecule has 3 rings (SSSR count). The fraction of sp³-hybridized carbons (Fsp3) is 0.357. The van der Waals surface area contributed by atoms with E-state index in [0.717, 1.165) is 41.8 Å². The number of nitrogens with two attached hydrogens (primary N) is 1. The number of benzene rings is 1. The van der Waals surface area contributed by atoms with Gasteiger partial charge >= 0.3 is 0 Å². The van der Waals surface area contributed by atoms with Gasteiger partial charge in [0.1, 0.15) is 5.82 Å². The number of rotatable bonds is 2. The second-order valence-corrected chi connectivity index (χ2v) is 5.75. The number of imidazole rings is 1. The third-order valence-electron chi connectivity index (χ3n) is 3.40. The molecule has 2 aromatic rings. The summed E-state index contributed by atoms with van der Waals surface area (Å²) in [5.41, 5.74) is 8.48. The van der Waals surface area contributed by atoms with Crippen LogP contribution in [0, 0.1) is 0 Å². The van der Waals surface area contributed by atoms with Gasteiger partial charge in [-0.3, -0.25) is 0 Å². The van der Waals surface area contributed by atoms with Crippen LogP contribution in [-0.4, -0.2) is 9.55 Å². The van der Waals surface area contributed by atoms with Crippen LogP contribution in [0.15, 0.2) is 34.9 Å². The Morgan fingerprint density at radius 1 is 1.33 bits per heavy atom. The van der Waals surface area contributed by atoms with E-state index >= 15 is 0 Å². The van der Waals surface area contributed by atoms with Crippen LogP contribution in [0.25, 0.3) is 0 Å². The maximum absolute atomic E-state index is 6.08. The molecule has 1 aliphatic rings. The molecule has 0 fully saturated rings. The molecule has 94 valence electrons. The lowest BCUT2D eigenvalue weighted by molar-refractivity contribution is 0.451. The van der Waals surface area contributed by atoms with Crippen molar-refractivity contribution in [3.8, 4) is 0 Å². The SMILES string of the molecule is NC1CCCn2cc(Cc3ccc(Br)cc3)nc21. The Labute approximate surface area is 115 Å². The average molecular weight is 306 g/mol. The molecule has 0 saturated carbocycles. The van der Waals surface area contributed by atoms with Crippen molar-refractivity contribution in [2.24, 2.45) is 5.73 Å². The molecule has 0 amide bonds. The summed E-state index contributed by atoms with van der Waals surface area (Å²) in [6.45, 7) is 1.05. The number of fused-ring (bicyclic) bond motifs is 1. The lowest BCUT2D eigenvalue weighted by Crippen LogP contribution is -2.21. The van der Waals surface area contributed by atoms with Gasteiger partial charge in [-0.2, -0.15) is 0 Å². The van der Waals surface area contributed by atoms with Crippen molar-refractivity contribution < 1.29 is 0 Å². The van der Waals surface area contributed by atoms with Crippen LogP contribution >= 0.6 is 15.9 Å². The lowest BCUT2D eigenvalue weighted by Gasteiger charge is -2.19. The van der Waals surface area contributed by atoms with E-state index in [9.17, 15) is 0 Å². The average Bonchev–Trinajstić information content (AvgIpc) is 2.76. The molecule has 1 aromatic carbocycles. The van der Waals surface area contributed by atoms with E-state index in [1.807, 2.05) is 0 Å².